The summed E-state index contributed by atoms with van der Waals surface area (Å²) in [6, 6.07) is 16.2. The maximum absolute atomic E-state index is 13.5. The summed E-state index contributed by atoms with van der Waals surface area (Å²) in [6.07, 6.45) is 3.82. The van der Waals surface area contributed by atoms with Gasteiger partial charge in [-0.25, -0.2) is 0 Å². The highest BCUT2D eigenvalue weighted by atomic mass is 31.2. The Morgan fingerprint density at radius 3 is 2.00 bits per heavy atom. The third-order valence-electron chi connectivity index (χ3n) is 5.55. The lowest BCUT2D eigenvalue weighted by Crippen LogP contribution is -2.35. The maximum Gasteiger partial charge on any atom is 0.325 e. The molecule has 0 radical (unpaired) electrons. The maximum atomic E-state index is 13.5. The van der Waals surface area contributed by atoms with Crippen molar-refractivity contribution in [2.24, 2.45) is 0 Å². The Morgan fingerprint density at radius 1 is 0.926 bits per heavy atom. The second-order valence-electron chi connectivity index (χ2n) is 7.37. The molecule has 0 aromatic heterocycles. The van der Waals surface area contributed by atoms with Gasteiger partial charge in [0.15, 0.2) is 0 Å². The third kappa shape index (κ3) is 3.94. The molecule has 2 aromatic carbocycles. The normalized spacial score (nSPS) is 14.6. The Balaban J connectivity index is 2.02. The zero-order valence-corrected chi connectivity index (χ0v) is 16.6. The van der Waals surface area contributed by atoms with Crippen LogP contribution in [-0.4, -0.2) is 21.7 Å². The van der Waals surface area contributed by atoms with E-state index in [0.717, 1.165) is 35.1 Å². The van der Waals surface area contributed by atoms with Crippen molar-refractivity contribution in [3.8, 4) is 11.1 Å². The minimum atomic E-state index is -4.01. The Morgan fingerprint density at radius 2 is 1.48 bits per heavy atom. The van der Waals surface area contributed by atoms with Crippen LogP contribution in [-0.2, 0) is 14.8 Å². The van der Waals surface area contributed by atoms with E-state index in [-0.39, 0.29) is 11.9 Å². The van der Waals surface area contributed by atoms with E-state index in [2.05, 4.69) is 19.1 Å². The van der Waals surface area contributed by atoms with Crippen LogP contribution in [0.3, 0.4) is 0 Å². The van der Waals surface area contributed by atoms with Gasteiger partial charge in [-0.15, -0.1) is 0 Å². The molecule has 5 heteroatoms. The average Bonchev–Trinajstić information content (AvgIpc) is 2.94. The number of benzene rings is 2. The Kier molecular flexibility index (Phi) is 6.00. The lowest BCUT2D eigenvalue weighted by molar-refractivity contribution is -0.123. The molecule has 0 saturated heterocycles. The lowest BCUT2D eigenvalue weighted by Gasteiger charge is -2.31. The first-order chi connectivity index (χ1) is 12.9. The van der Waals surface area contributed by atoms with Crippen LogP contribution >= 0.6 is 7.60 Å². The van der Waals surface area contributed by atoms with Crippen molar-refractivity contribution in [1.29, 1.82) is 0 Å². The van der Waals surface area contributed by atoms with Crippen LogP contribution in [0.1, 0.15) is 56.6 Å². The van der Waals surface area contributed by atoms with Crippen LogP contribution in [0.4, 0.5) is 0 Å². The summed E-state index contributed by atoms with van der Waals surface area (Å²) in [4.78, 5) is 31.8. The number of hydrogen-bond acceptors (Lipinski definition) is 2. The fourth-order valence-electron chi connectivity index (χ4n) is 4.29. The standard InChI is InChI=1S/C22H27O4P/c1-2-3-14-21(23)22(15-8-9-16-27(24,25)26)19-12-6-4-10-17(19)18-11-5-7-13-20(18)22/h4-7,10-13H,2-3,8-9,14-16H2,1H3,(H2,24,25,26). The first-order valence-electron chi connectivity index (χ1n) is 9.67. The monoisotopic (exact) mass is 386 g/mol. The number of Topliss-reactive ketones (excluding diaryl/α,β-unsaturated/α-hetero) is 1. The van der Waals surface area contributed by atoms with E-state index < -0.39 is 13.0 Å². The highest BCUT2D eigenvalue weighted by Gasteiger charge is 2.47. The average molecular weight is 386 g/mol. The van der Waals surface area contributed by atoms with E-state index >= 15 is 0 Å². The fraction of sp³-hybridized carbons (Fsp3) is 0.409. The number of unbranched alkanes of at least 4 members (excludes halogenated alkanes) is 2. The van der Waals surface area contributed by atoms with Gasteiger partial charge in [-0.2, -0.15) is 0 Å². The Hall–Kier alpha value is -1.74. The minimum Gasteiger partial charge on any atom is -0.324 e. The topological polar surface area (TPSA) is 74.6 Å². The quantitative estimate of drug-likeness (QED) is 0.467. The van der Waals surface area contributed by atoms with Crippen LogP contribution in [0, 0.1) is 0 Å². The SMILES string of the molecule is CCCCC(=O)C1(CCCCP(=O)(O)O)c2ccccc2-c2ccccc21. The molecule has 27 heavy (non-hydrogen) atoms. The van der Waals surface area contributed by atoms with Gasteiger partial charge in [0.25, 0.3) is 0 Å². The number of carbonyl (C=O) groups excluding carboxylic acids is 1. The molecule has 1 aliphatic carbocycles. The smallest absolute Gasteiger partial charge is 0.324 e. The molecule has 2 N–H and O–H groups in total. The highest BCUT2D eigenvalue weighted by molar-refractivity contribution is 7.51. The van der Waals surface area contributed by atoms with E-state index in [1.165, 1.54) is 0 Å². The lowest BCUT2D eigenvalue weighted by atomic mass is 9.70. The molecule has 2 aromatic rings. The molecule has 0 unspecified atom stereocenters. The van der Waals surface area contributed by atoms with E-state index in [9.17, 15) is 9.36 Å². The van der Waals surface area contributed by atoms with Crippen LogP contribution in [0.15, 0.2) is 48.5 Å². The van der Waals surface area contributed by atoms with Crippen LogP contribution in [0.5, 0.6) is 0 Å². The molecule has 0 spiro atoms. The number of carbonyl (C=O) groups is 1. The molecule has 1 aliphatic rings. The van der Waals surface area contributed by atoms with Crippen molar-refractivity contribution in [2.75, 3.05) is 6.16 Å². The van der Waals surface area contributed by atoms with Gasteiger partial charge in [-0.3, -0.25) is 9.36 Å². The van der Waals surface area contributed by atoms with Crippen molar-refractivity contribution < 1.29 is 19.1 Å². The Labute approximate surface area is 160 Å². The van der Waals surface area contributed by atoms with E-state index in [4.69, 9.17) is 9.79 Å². The summed E-state index contributed by atoms with van der Waals surface area (Å²) < 4.78 is 11.2. The number of ketones is 1. The molecule has 0 bridgehead atoms. The largest absolute Gasteiger partial charge is 0.325 e. The van der Waals surface area contributed by atoms with Gasteiger partial charge in [0.1, 0.15) is 5.78 Å². The van der Waals surface area contributed by atoms with Crippen LogP contribution < -0.4 is 0 Å². The summed E-state index contributed by atoms with van der Waals surface area (Å²) in [5.41, 5.74) is 3.60. The zero-order chi connectivity index (χ0) is 19.5. The van der Waals surface area contributed by atoms with E-state index in [1.54, 1.807) is 0 Å². The van der Waals surface area contributed by atoms with Gasteiger partial charge in [0.05, 0.1) is 5.41 Å². The van der Waals surface area contributed by atoms with Gasteiger partial charge in [-0.05, 0) is 41.5 Å². The predicted octanol–water partition coefficient (Wildman–Crippen LogP) is 5.06. The zero-order valence-electron chi connectivity index (χ0n) is 15.7. The van der Waals surface area contributed by atoms with Crippen molar-refractivity contribution in [3.05, 3.63) is 59.7 Å². The van der Waals surface area contributed by atoms with Crippen molar-refractivity contribution in [1.82, 2.24) is 0 Å². The summed E-state index contributed by atoms with van der Waals surface area (Å²) in [5.74, 6) is 0.220. The molecule has 0 amide bonds. The van der Waals surface area contributed by atoms with Gasteiger partial charge in [0.2, 0.25) is 0 Å². The van der Waals surface area contributed by atoms with Crippen molar-refractivity contribution in [3.63, 3.8) is 0 Å². The Bertz CT molecular complexity index is 823. The summed E-state index contributed by atoms with van der Waals surface area (Å²) in [5, 5.41) is 0. The van der Waals surface area contributed by atoms with E-state index in [1.807, 2.05) is 36.4 Å². The molecule has 0 aliphatic heterocycles. The molecular formula is C22H27O4P. The van der Waals surface area contributed by atoms with Crippen LogP contribution in [0.2, 0.25) is 0 Å². The molecule has 3 rings (SSSR count). The molecular weight excluding hydrogens is 359 g/mol. The van der Waals surface area contributed by atoms with Gasteiger partial charge in [-0.1, -0.05) is 68.3 Å². The van der Waals surface area contributed by atoms with Crippen LogP contribution in [0.25, 0.3) is 11.1 Å². The van der Waals surface area contributed by atoms with E-state index in [0.29, 0.717) is 25.7 Å². The number of fused-ring (bicyclic) bond motifs is 3. The number of rotatable bonds is 9. The second kappa shape index (κ2) is 8.10. The first kappa shape index (κ1) is 20.0. The summed E-state index contributed by atoms with van der Waals surface area (Å²) in [7, 11) is -4.01. The summed E-state index contributed by atoms with van der Waals surface area (Å²) in [6.45, 7) is 2.08. The number of hydrogen-bond donors (Lipinski definition) is 2. The van der Waals surface area contributed by atoms with Crippen molar-refractivity contribution in [2.45, 2.75) is 50.9 Å². The van der Waals surface area contributed by atoms with Crippen molar-refractivity contribution >= 4 is 13.4 Å². The molecule has 144 valence electrons. The summed E-state index contributed by atoms with van der Waals surface area (Å²) >= 11 is 0. The third-order valence-corrected chi connectivity index (χ3v) is 6.45. The minimum absolute atomic E-state index is 0.129. The predicted molar refractivity (Wildman–Crippen MR) is 108 cm³/mol. The van der Waals surface area contributed by atoms with Gasteiger partial charge < -0.3 is 9.79 Å². The molecule has 0 fully saturated rings. The second-order valence-corrected chi connectivity index (χ2v) is 9.15. The van der Waals surface area contributed by atoms with Gasteiger partial charge in [0, 0.05) is 12.6 Å². The highest BCUT2D eigenvalue weighted by Crippen LogP contribution is 2.52. The van der Waals surface area contributed by atoms with Gasteiger partial charge >= 0.3 is 7.60 Å². The molecule has 4 nitrogen and oxygen atoms in total. The molecule has 0 atom stereocenters. The molecule has 0 saturated carbocycles. The first-order valence-corrected chi connectivity index (χ1v) is 11.5. The fourth-order valence-corrected chi connectivity index (χ4v) is 4.93. The molecule has 0 heterocycles.